The predicted octanol–water partition coefficient (Wildman–Crippen LogP) is 6.01. The molecule has 0 unspecified atom stereocenters. The van der Waals surface area contributed by atoms with E-state index in [0.717, 1.165) is 18.0 Å². The van der Waals surface area contributed by atoms with Crippen LogP contribution in [0.1, 0.15) is 32.0 Å². The molecule has 3 heterocycles. The van der Waals surface area contributed by atoms with Crippen LogP contribution in [0.25, 0.3) is 22.0 Å². The lowest BCUT2D eigenvalue weighted by molar-refractivity contribution is 0.217. The van der Waals surface area contributed by atoms with Gasteiger partial charge in [-0.05, 0) is 48.4 Å². The molecule has 2 amide bonds. The molecule has 0 aliphatic heterocycles. The van der Waals surface area contributed by atoms with E-state index >= 15 is 4.39 Å². The Kier molecular flexibility index (Phi) is 8.21. The number of aromatic nitrogens is 3. The van der Waals surface area contributed by atoms with Crippen molar-refractivity contribution in [2.75, 3.05) is 22.0 Å². The van der Waals surface area contributed by atoms with Crippen molar-refractivity contribution in [3.63, 3.8) is 0 Å². The fraction of sp³-hybridized carbons (Fsp3) is 0.226. The Labute approximate surface area is 258 Å². The van der Waals surface area contributed by atoms with E-state index in [0.29, 0.717) is 38.6 Å². The van der Waals surface area contributed by atoms with Crippen LogP contribution in [0, 0.1) is 12.7 Å². The van der Waals surface area contributed by atoms with Crippen molar-refractivity contribution in [3.05, 3.63) is 94.3 Å². The molecule has 234 valence electrons. The summed E-state index contributed by atoms with van der Waals surface area (Å²) < 4.78 is 50.7. The zero-order valence-electron chi connectivity index (χ0n) is 25.4. The molecular weight excluding hydrogens is 603 g/mol. The first-order valence-corrected chi connectivity index (χ1v) is 15.5. The van der Waals surface area contributed by atoms with E-state index < -0.39 is 27.4 Å². The number of rotatable bonds is 7. The number of carbonyl (C=O) groups excluding carboxylic acids is 1. The summed E-state index contributed by atoms with van der Waals surface area (Å²) in [5.41, 5.74) is 1.66. The van der Waals surface area contributed by atoms with Crippen LogP contribution in [0.2, 0.25) is 0 Å². The van der Waals surface area contributed by atoms with Gasteiger partial charge in [0.05, 0.1) is 23.2 Å². The lowest BCUT2D eigenvalue weighted by atomic mass is 9.92. The summed E-state index contributed by atoms with van der Waals surface area (Å²) in [5, 5.41) is 10.4. The van der Waals surface area contributed by atoms with Gasteiger partial charge in [-0.25, -0.2) is 14.2 Å². The van der Waals surface area contributed by atoms with E-state index in [4.69, 9.17) is 8.81 Å². The van der Waals surface area contributed by atoms with Crippen molar-refractivity contribution in [1.29, 1.82) is 0 Å². The maximum atomic E-state index is 15.2. The second-order valence-corrected chi connectivity index (χ2v) is 13.0. The molecule has 0 atom stereocenters. The van der Waals surface area contributed by atoms with E-state index in [1.54, 1.807) is 32.3 Å². The van der Waals surface area contributed by atoms with Gasteiger partial charge < -0.3 is 19.7 Å². The second-order valence-electron chi connectivity index (χ2n) is 11.5. The van der Waals surface area contributed by atoms with Crippen molar-refractivity contribution in [3.8, 4) is 11.1 Å². The van der Waals surface area contributed by atoms with Gasteiger partial charge in [0.25, 0.3) is 21.6 Å². The molecule has 0 bridgehead atoms. The number of halogens is 1. The van der Waals surface area contributed by atoms with Crippen LogP contribution in [0.5, 0.6) is 0 Å². The van der Waals surface area contributed by atoms with E-state index in [-0.39, 0.29) is 22.7 Å². The summed E-state index contributed by atoms with van der Waals surface area (Å²) >= 11 is 0. The maximum absolute atomic E-state index is 15.2. The number of nitrogens with zero attached hydrogens (tertiary/aromatic N) is 4. The van der Waals surface area contributed by atoms with Gasteiger partial charge in [0.15, 0.2) is 0 Å². The molecule has 0 radical (unpaired) electrons. The lowest BCUT2D eigenvalue weighted by Gasteiger charge is -2.19. The number of aryl methyl sites for hydroxylation is 2. The first-order chi connectivity index (χ1) is 21.1. The molecule has 0 spiro atoms. The summed E-state index contributed by atoms with van der Waals surface area (Å²) in [7, 11) is -2.61. The number of hydrogen-bond acceptors (Lipinski definition) is 9. The Bertz CT molecular complexity index is 2090. The van der Waals surface area contributed by atoms with Crippen molar-refractivity contribution in [2.24, 2.45) is 7.05 Å². The van der Waals surface area contributed by atoms with Crippen molar-refractivity contribution in [2.45, 2.75) is 33.1 Å². The van der Waals surface area contributed by atoms with Crippen molar-refractivity contribution < 1.29 is 26.4 Å². The molecule has 2 aromatic carbocycles. The summed E-state index contributed by atoms with van der Waals surface area (Å²) in [6.07, 6.45) is 2.36. The highest BCUT2D eigenvalue weighted by Crippen LogP contribution is 2.31. The molecule has 5 rings (SSSR count). The Morgan fingerprint density at radius 3 is 2.42 bits per heavy atom. The minimum atomic E-state index is -4.23. The van der Waals surface area contributed by atoms with Gasteiger partial charge in [0.2, 0.25) is 0 Å². The summed E-state index contributed by atoms with van der Waals surface area (Å²) in [4.78, 5) is 31.3. The number of fused-ring (bicyclic) bond motifs is 1. The topological polar surface area (TPSA) is 149 Å². The first-order valence-electron chi connectivity index (χ1n) is 13.7. The average Bonchev–Trinajstić information content (AvgIpc) is 3.47. The molecule has 0 fully saturated rings. The highest BCUT2D eigenvalue weighted by Gasteiger charge is 2.29. The Hall–Kier alpha value is -5.08. The molecule has 45 heavy (non-hydrogen) atoms. The molecule has 12 nitrogen and oxygen atoms in total. The lowest BCUT2D eigenvalue weighted by Crippen LogP contribution is -2.37. The first kappa shape index (κ1) is 31.3. The van der Waals surface area contributed by atoms with Gasteiger partial charge in [0, 0.05) is 47.4 Å². The van der Waals surface area contributed by atoms with Gasteiger partial charge in [0.1, 0.15) is 11.6 Å². The Morgan fingerprint density at radius 2 is 1.78 bits per heavy atom. The van der Waals surface area contributed by atoms with Crippen molar-refractivity contribution in [1.82, 2.24) is 14.7 Å². The molecule has 14 heteroatoms. The summed E-state index contributed by atoms with van der Waals surface area (Å²) in [6, 6.07) is 15.5. The Morgan fingerprint density at radius 1 is 1.07 bits per heavy atom. The maximum Gasteiger partial charge on any atom is 0.354 e. The van der Waals surface area contributed by atoms with Crippen LogP contribution >= 0.6 is 0 Å². The number of para-hydroxylation sites is 1. The molecule has 2 N–H and O–H groups in total. The number of anilines is 4. The smallest absolute Gasteiger partial charge is 0.340 e. The minimum absolute atomic E-state index is 0.234. The third-order valence-corrected chi connectivity index (χ3v) is 7.28. The number of pyridine rings is 2. The van der Waals surface area contributed by atoms with Gasteiger partial charge in [-0.15, -0.1) is 9.35 Å². The van der Waals surface area contributed by atoms with Gasteiger partial charge in [-0.3, -0.25) is 4.79 Å². The molecule has 5 aromatic rings. The molecule has 0 aliphatic rings. The quantitative estimate of drug-likeness (QED) is 0.205. The van der Waals surface area contributed by atoms with Crippen LogP contribution in [0.4, 0.5) is 32.3 Å². The van der Waals surface area contributed by atoms with Gasteiger partial charge >= 0.3 is 6.03 Å². The molecular formula is C31H31FN6O6S. The number of hydrogen-bond donors (Lipinski definition) is 2. The number of benzene rings is 2. The van der Waals surface area contributed by atoms with Gasteiger partial charge in [-0.2, -0.15) is 8.42 Å². The Balaban J connectivity index is 1.51. The van der Waals surface area contributed by atoms with Crippen molar-refractivity contribution >= 4 is 50.1 Å². The zero-order chi connectivity index (χ0) is 32.7. The van der Waals surface area contributed by atoms with E-state index in [2.05, 4.69) is 20.8 Å². The summed E-state index contributed by atoms with van der Waals surface area (Å²) in [5.74, 6) is -0.623. The molecule has 3 aromatic heterocycles. The third kappa shape index (κ3) is 6.86. The van der Waals surface area contributed by atoms with Crippen LogP contribution < -0.4 is 21.3 Å². The summed E-state index contributed by atoms with van der Waals surface area (Å²) in [6.45, 7) is 7.15. The highest BCUT2D eigenvalue weighted by atomic mass is 32.2. The molecule has 0 saturated carbocycles. The molecule has 0 aliphatic carbocycles. The van der Waals surface area contributed by atoms with Crippen LogP contribution in [-0.2, 0) is 26.9 Å². The second kappa shape index (κ2) is 11.8. The van der Waals surface area contributed by atoms with Crippen LogP contribution in [0.15, 0.2) is 76.2 Å². The largest absolute Gasteiger partial charge is 0.354 e. The minimum Gasteiger partial charge on any atom is -0.340 e. The molecule has 0 saturated heterocycles. The highest BCUT2D eigenvalue weighted by molar-refractivity contribution is 7.86. The number of urea groups is 1. The van der Waals surface area contributed by atoms with E-state index in [1.165, 1.54) is 16.7 Å². The average molecular weight is 635 g/mol. The van der Waals surface area contributed by atoms with Crippen LogP contribution in [0.3, 0.4) is 0 Å². The van der Waals surface area contributed by atoms with E-state index in [9.17, 15) is 18.0 Å². The predicted molar refractivity (Wildman–Crippen MR) is 169 cm³/mol. The fourth-order valence-corrected chi connectivity index (χ4v) is 4.95. The SMILES string of the molecule is Cc1cc(F)c(NC(=O)N(OS(C)(=O)=O)c2cc(C(C)(C)C)no2)cc1-c1cc2cnc(Nc3ccccc3)cc2n(C)c1=O. The van der Waals surface area contributed by atoms with Crippen LogP contribution in [-0.4, -0.2) is 35.4 Å². The zero-order valence-corrected chi connectivity index (χ0v) is 26.2. The number of carbonyl (C=O) groups is 1. The fourth-order valence-electron chi connectivity index (χ4n) is 4.54. The number of hydroxylamine groups is 1. The third-order valence-electron chi connectivity index (χ3n) is 6.86. The standard InChI is InChI=1S/C31H31FN6O6S/c1-18-12-23(32)24(35-30(40)38(44-45(6,41)42)28-16-26(36-43-28)31(2,3)4)14-21(18)22-13-19-17-33-27(15-25(19)37(5)29(22)39)34-20-10-8-7-9-11-20/h7-17H,1-6H3,(H,33,34)(H,35,40). The number of amides is 2. The number of nitrogens with one attached hydrogen (secondary N) is 2. The van der Waals surface area contributed by atoms with Gasteiger partial charge in [-0.1, -0.05) is 44.1 Å². The van der Waals surface area contributed by atoms with E-state index in [1.807, 2.05) is 51.1 Å². The normalized spacial score (nSPS) is 11.9. The monoisotopic (exact) mass is 634 g/mol.